The van der Waals surface area contributed by atoms with Gasteiger partial charge in [-0.15, -0.1) is 0 Å². The third-order valence-electron chi connectivity index (χ3n) is 2.18. The standard InChI is InChI=1S/C10H16OSi/c1-4-11-12-10-7-5-6-8(2)9(10)3/h5-7H,4,12H2,1-3H3. The van der Waals surface area contributed by atoms with Gasteiger partial charge in [0.15, 0.2) is 9.76 Å². The van der Waals surface area contributed by atoms with Crippen molar-refractivity contribution in [3.63, 3.8) is 0 Å². The lowest BCUT2D eigenvalue weighted by Gasteiger charge is -2.07. The van der Waals surface area contributed by atoms with Crippen LogP contribution >= 0.6 is 0 Å². The molecule has 0 aromatic heterocycles. The second-order valence-corrected chi connectivity index (χ2v) is 4.45. The van der Waals surface area contributed by atoms with E-state index in [1.165, 1.54) is 16.3 Å². The predicted octanol–water partition coefficient (Wildman–Crippen LogP) is 1.05. The summed E-state index contributed by atoms with van der Waals surface area (Å²) in [5.74, 6) is 0. The number of aryl methyl sites for hydroxylation is 1. The van der Waals surface area contributed by atoms with E-state index in [0.717, 1.165) is 6.61 Å². The van der Waals surface area contributed by atoms with Gasteiger partial charge in [-0.3, -0.25) is 0 Å². The Morgan fingerprint density at radius 2 is 2.08 bits per heavy atom. The maximum absolute atomic E-state index is 5.49. The van der Waals surface area contributed by atoms with Gasteiger partial charge in [0.05, 0.1) is 0 Å². The van der Waals surface area contributed by atoms with E-state index in [1.807, 2.05) is 0 Å². The van der Waals surface area contributed by atoms with Crippen LogP contribution in [0.15, 0.2) is 18.2 Å². The molecule has 0 atom stereocenters. The van der Waals surface area contributed by atoms with E-state index in [0.29, 0.717) is 0 Å². The normalized spacial score (nSPS) is 11.2. The first-order chi connectivity index (χ1) is 5.75. The maximum atomic E-state index is 5.49. The first-order valence-corrected chi connectivity index (χ1v) is 5.67. The Bertz CT molecular complexity index is 258. The SMILES string of the molecule is CCO[SiH2]c1cccc(C)c1C. The fourth-order valence-corrected chi connectivity index (χ4v) is 2.33. The molecule has 0 saturated carbocycles. The zero-order valence-corrected chi connectivity index (χ0v) is 9.47. The molecule has 0 heterocycles. The summed E-state index contributed by atoms with van der Waals surface area (Å²) in [6.07, 6.45) is 0. The zero-order valence-electron chi connectivity index (χ0n) is 8.05. The Morgan fingerprint density at radius 1 is 1.33 bits per heavy atom. The van der Waals surface area contributed by atoms with Crippen LogP contribution in [-0.4, -0.2) is 16.4 Å². The molecule has 66 valence electrons. The Balaban J connectivity index is 2.78. The molecule has 0 unspecified atom stereocenters. The Kier molecular flexibility index (Phi) is 3.50. The molecule has 1 rings (SSSR count). The molecule has 0 fully saturated rings. The van der Waals surface area contributed by atoms with Crippen LogP contribution in [-0.2, 0) is 4.43 Å². The van der Waals surface area contributed by atoms with E-state index in [1.54, 1.807) is 0 Å². The van der Waals surface area contributed by atoms with Gasteiger partial charge in [0.2, 0.25) is 0 Å². The topological polar surface area (TPSA) is 9.23 Å². The van der Waals surface area contributed by atoms with Crippen LogP contribution in [0.25, 0.3) is 0 Å². The lowest BCUT2D eigenvalue weighted by atomic mass is 10.1. The van der Waals surface area contributed by atoms with Crippen LogP contribution in [0.4, 0.5) is 0 Å². The summed E-state index contributed by atoms with van der Waals surface area (Å²) in [7, 11) is -0.462. The maximum Gasteiger partial charge on any atom is 0.192 e. The van der Waals surface area contributed by atoms with Crippen molar-refractivity contribution < 1.29 is 4.43 Å². The average Bonchev–Trinajstić information content (AvgIpc) is 2.08. The molecular weight excluding hydrogens is 164 g/mol. The summed E-state index contributed by atoms with van der Waals surface area (Å²) < 4.78 is 5.49. The van der Waals surface area contributed by atoms with E-state index in [9.17, 15) is 0 Å². The molecule has 0 saturated heterocycles. The highest BCUT2D eigenvalue weighted by Gasteiger charge is 1.99. The van der Waals surface area contributed by atoms with Crippen molar-refractivity contribution in [2.24, 2.45) is 0 Å². The van der Waals surface area contributed by atoms with Gasteiger partial charge in [0.1, 0.15) is 0 Å². The first kappa shape index (κ1) is 9.48. The van der Waals surface area contributed by atoms with Gasteiger partial charge in [0.25, 0.3) is 0 Å². The van der Waals surface area contributed by atoms with Gasteiger partial charge in [-0.25, -0.2) is 0 Å². The summed E-state index contributed by atoms with van der Waals surface area (Å²) in [4.78, 5) is 0. The largest absolute Gasteiger partial charge is 0.419 e. The fraction of sp³-hybridized carbons (Fsp3) is 0.400. The minimum Gasteiger partial charge on any atom is -0.419 e. The first-order valence-electron chi connectivity index (χ1n) is 4.38. The van der Waals surface area contributed by atoms with Crippen LogP contribution < -0.4 is 5.19 Å². The van der Waals surface area contributed by atoms with Crippen LogP contribution in [0.1, 0.15) is 18.1 Å². The quantitative estimate of drug-likeness (QED) is 0.632. The van der Waals surface area contributed by atoms with Crippen molar-refractivity contribution in [1.29, 1.82) is 0 Å². The molecule has 1 nitrogen and oxygen atoms in total. The third-order valence-corrected chi connectivity index (χ3v) is 3.87. The Morgan fingerprint density at radius 3 is 2.75 bits per heavy atom. The Hall–Kier alpha value is -0.603. The van der Waals surface area contributed by atoms with Crippen LogP contribution in [0.5, 0.6) is 0 Å². The highest BCUT2D eigenvalue weighted by atomic mass is 28.2. The van der Waals surface area contributed by atoms with Crippen molar-refractivity contribution in [2.75, 3.05) is 6.61 Å². The molecule has 2 heteroatoms. The number of hydrogen-bond donors (Lipinski definition) is 0. The summed E-state index contributed by atoms with van der Waals surface area (Å²) in [6, 6.07) is 6.45. The highest BCUT2D eigenvalue weighted by molar-refractivity contribution is 6.47. The zero-order chi connectivity index (χ0) is 8.97. The summed E-state index contributed by atoms with van der Waals surface area (Å²) in [5, 5.41) is 1.44. The van der Waals surface area contributed by atoms with E-state index >= 15 is 0 Å². The number of hydrogen-bond acceptors (Lipinski definition) is 1. The van der Waals surface area contributed by atoms with E-state index in [4.69, 9.17) is 4.43 Å². The minimum absolute atomic E-state index is 0.462. The molecule has 0 spiro atoms. The molecule has 1 aromatic rings. The second-order valence-electron chi connectivity index (χ2n) is 3.00. The van der Waals surface area contributed by atoms with Gasteiger partial charge in [-0.05, 0) is 37.1 Å². The number of benzene rings is 1. The van der Waals surface area contributed by atoms with Crippen molar-refractivity contribution in [2.45, 2.75) is 20.8 Å². The van der Waals surface area contributed by atoms with Crippen LogP contribution in [0.2, 0.25) is 0 Å². The van der Waals surface area contributed by atoms with Gasteiger partial charge in [-0.2, -0.15) is 0 Å². The fourth-order valence-electron chi connectivity index (χ4n) is 1.18. The van der Waals surface area contributed by atoms with Gasteiger partial charge >= 0.3 is 0 Å². The monoisotopic (exact) mass is 180 g/mol. The molecule has 0 aliphatic carbocycles. The van der Waals surface area contributed by atoms with Gasteiger partial charge in [0, 0.05) is 6.61 Å². The molecule has 0 N–H and O–H groups in total. The Labute approximate surface area is 76.7 Å². The number of rotatable bonds is 3. The van der Waals surface area contributed by atoms with E-state index in [-0.39, 0.29) is 0 Å². The van der Waals surface area contributed by atoms with Crippen molar-refractivity contribution in [3.8, 4) is 0 Å². The minimum atomic E-state index is -0.462. The third kappa shape index (κ3) is 2.19. The molecule has 0 bridgehead atoms. The molecule has 12 heavy (non-hydrogen) atoms. The molecule has 0 aliphatic heterocycles. The predicted molar refractivity (Wildman–Crippen MR) is 55.7 cm³/mol. The molecule has 1 aromatic carbocycles. The summed E-state index contributed by atoms with van der Waals surface area (Å²) in [5.41, 5.74) is 2.79. The van der Waals surface area contributed by atoms with Gasteiger partial charge in [-0.1, -0.05) is 18.2 Å². The van der Waals surface area contributed by atoms with Crippen molar-refractivity contribution in [3.05, 3.63) is 29.3 Å². The van der Waals surface area contributed by atoms with E-state index in [2.05, 4.69) is 39.0 Å². The van der Waals surface area contributed by atoms with E-state index < -0.39 is 9.76 Å². The summed E-state index contributed by atoms with van der Waals surface area (Å²) in [6.45, 7) is 7.23. The van der Waals surface area contributed by atoms with Crippen LogP contribution in [0.3, 0.4) is 0 Å². The lowest BCUT2D eigenvalue weighted by Crippen LogP contribution is -2.21. The van der Waals surface area contributed by atoms with Gasteiger partial charge < -0.3 is 4.43 Å². The second kappa shape index (κ2) is 4.43. The average molecular weight is 180 g/mol. The lowest BCUT2D eigenvalue weighted by molar-refractivity contribution is 0.367. The van der Waals surface area contributed by atoms with Crippen molar-refractivity contribution in [1.82, 2.24) is 0 Å². The molecule has 0 radical (unpaired) electrons. The highest BCUT2D eigenvalue weighted by Crippen LogP contribution is 2.01. The van der Waals surface area contributed by atoms with Crippen LogP contribution in [0, 0.1) is 13.8 Å². The summed E-state index contributed by atoms with van der Waals surface area (Å²) >= 11 is 0. The van der Waals surface area contributed by atoms with Crippen molar-refractivity contribution >= 4 is 14.9 Å². The smallest absolute Gasteiger partial charge is 0.192 e. The molecular formula is C10H16OSi. The molecule has 0 aliphatic rings. The molecule has 0 amide bonds.